The number of benzene rings is 1. The third-order valence-corrected chi connectivity index (χ3v) is 3.20. The molecule has 0 radical (unpaired) electrons. The third-order valence-electron chi connectivity index (χ3n) is 2.41. The van der Waals surface area contributed by atoms with E-state index in [-0.39, 0.29) is 21.4 Å². The molecule has 0 saturated heterocycles. The van der Waals surface area contributed by atoms with E-state index in [1.54, 1.807) is 0 Å². The predicted octanol–water partition coefficient (Wildman–Crippen LogP) is 3.20. The summed E-state index contributed by atoms with van der Waals surface area (Å²) >= 11 is 17.9. The number of halogens is 3. The van der Waals surface area contributed by atoms with E-state index in [0.717, 1.165) is 0 Å². The average molecular weight is 321 g/mol. The number of anilines is 1. The van der Waals surface area contributed by atoms with E-state index in [2.05, 4.69) is 9.84 Å². The van der Waals surface area contributed by atoms with Gasteiger partial charge in [-0.1, -0.05) is 34.8 Å². The second-order valence-electron chi connectivity index (χ2n) is 3.56. The number of hydrogen-bond donors (Lipinski definition) is 1. The Hall–Kier alpha value is -1.43. The number of nitrogens with zero attached hydrogens (tertiary/aromatic N) is 2. The van der Waals surface area contributed by atoms with Crippen molar-refractivity contribution in [2.45, 2.75) is 0 Å². The minimum absolute atomic E-state index is 0.0815. The maximum atomic E-state index is 11.5. The van der Waals surface area contributed by atoms with E-state index in [1.807, 2.05) is 0 Å². The van der Waals surface area contributed by atoms with Gasteiger partial charge >= 0.3 is 5.97 Å². The van der Waals surface area contributed by atoms with E-state index in [4.69, 9.17) is 40.5 Å². The largest absolute Gasteiger partial charge is 0.465 e. The molecule has 0 spiro atoms. The van der Waals surface area contributed by atoms with Gasteiger partial charge in [-0.05, 0) is 12.1 Å². The highest BCUT2D eigenvalue weighted by Gasteiger charge is 2.19. The minimum Gasteiger partial charge on any atom is -0.465 e. The van der Waals surface area contributed by atoms with E-state index in [1.165, 1.54) is 30.1 Å². The molecule has 0 aliphatic heterocycles. The molecule has 1 aromatic carbocycles. The van der Waals surface area contributed by atoms with Crippen molar-refractivity contribution in [1.82, 2.24) is 9.78 Å². The van der Waals surface area contributed by atoms with Crippen molar-refractivity contribution >= 4 is 46.6 Å². The third kappa shape index (κ3) is 2.49. The quantitative estimate of drug-likeness (QED) is 0.863. The van der Waals surface area contributed by atoms with Gasteiger partial charge in [0.25, 0.3) is 0 Å². The van der Waals surface area contributed by atoms with Crippen LogP contribution in [0.3, 0.4) is 0 Å². The fourth-order valence-corrected chi connectivity index (χ4v) is 2.52. The molecule has 0 aliphatic rings. The first-order valence-electron chi connectivity index (χ1n) is 5.02. The first-order valence-corrected chi connectivity index (χ1v) is 6.15. The number of nitrogens with two attached hydrogens (primary N) is 1. The van der Waals surface area contributed by atoms with Crippen LogP contribution in [0.5, 0.6) is 0 Å². The summed E-state index contributed by atoms with van der Waals surface area (Å²) in [6.07, 6.45) is 1.28. The van der Waals surface area contributed by atoms with Crippen LogP contribution in [0.15, 0.2) is 18.3 Å². The Morgan fingerprint density at radius 1 is 1.32 bits per heavy atom. The standard InChI is InChI=1S/C11H8Cl3N3O2/c1-19-11(18)6-4-16-17(10(6)15)9-7(13)2-5(12)3-8(9)14/h2-4H,15H2,1H3. The zero-order valence-corrected chi connectivity index (χ0v) is 11.9. The molecule has 0 unspecified atom stereocenters. The second-order valence-corrected chi connectivity index (χ2v) is 4.82. The Balaban J connectivity index is 2.61. The van der Waals surface area contributed by atoms with Gasteiger partial charge < -0.3 is 10.5 Å². The first-order chi connectivity index (χ1) is 8.95. The molecule has 2 aromatic rings. The molecule has 0 amide bonds. The highest BCUT2D eigenvalue weighted by molar-refractivity contribution is 6.40. The lowest BCUT2D eigenvalue weighted by Crippen LogP contribution is -2.08. The summed E-state index contributed by atoms with van der Waals surface area (Å²) in [6, 6.07) is 3.01. The number of esters is 1. The van der Waals surface area contributed by atoms with Gasteiger partial charge in [0.15, 0.2) is 0 Å². The second kappa shape index (κ2) is 5.28. The molecule has 1 heterocycles. The fourth-order valence-electron chi connectivity index (χ4n) is 1.54. The van der Waals surface area contributed by atoms with Crippen LogP contribution in [0, 0.1) is 0 Å². The molecular weight excluding hydrogens is 312 g/mol. The summed E-state index contributed by atoms with van der Waals surface area (Å²) in [5.41, 5.74) is 6.31. The summed E-state index contributed by atoms with van der Waals surface area (Å²) in [4.78, 5) is 11.5. The molecule has 0 fully saturated rings. The lowest BCUT2D eigenvalue weighted by molar-refractivity contribution is 0.0602. The molecule has 0 aliphatic carbocycles. The summed E-state index contributed by atoms with van der Waals surface area (Å²) in [7, 11) is 1.25. The van der Waals surface area contributed by atoms with Crippen molar-refractivity contribution in [3.05, 3.63) is 39.0 Å². The van der Waals surface area contributed by atoms with Crippen molar-refractivity contribution in [2.24, 2.45) is 0 Å². The highest BCUT2D eigenvalue weighted by Crippen LogP contribution is 2.33. The monoisotopic (exact) mass is 319 g/mol. The maximum absolute atomic E-state index is 11.5. The van der Waals surface area contributed by atoms with Crippen LogP contribution in [0.4, 0.5) is 5.82 Å². The van der Waals surface area contributed by atoms with Crippen LogP contribution in [-0.4, -0.2) is 22.9 Å². The van der Waals surface area contributed by atoms with Crippen molar-refractivity contribution < 1.29 is 9.53 Å². The lowest BCUT2D eigenvalue weighted by atomic mass is 10.3. The van der Waals surface area contributed by atoms with E-state index in [9.17, 15) is 4.79 Å². The minimum atomic E-state index is -0.593. The van der Waals surface area contributed by atoms with Crippen LogP contribution >= 0.6 is 34.8 Å². The highest BCUT2D eigenvalue weighted by atomic mass is 35.5. The van der Waals surface area contributed by atoms with Crippen LogP contribution in [-0.2, 0) is 4.74 Å². The normalized spacial score (nSPS) is 10.5. The fraction of sp³-hybridized carbons (Fsp3) is 0.0909. The van der Waals surface area contributed by atoms with Gasteiger partial charge in [-0.25, -0.2) is 9.48 Å². The molecule has 0 saturated carbocycles. The molecular formula is C11H8Cl3N3O2. The van der Waals surface area contributed by atoms with Crippen LogP contribution < -0.4 is 5.73 Å². The molecule has 0 bridgehead atoms. The molecule has 0 atom stereocenters. The van der Waals surface area contributed by atoms with E-state index < -0.39 is 5.97 Å². The molecule has 8 heteroatoms. The molecule has 19 heavy (non-hydrogen) atoms. The number of nitrogen functional groups attached to an aromatic ring is 1. The smallest absolute Gasteiger partial charge is 0.343 e. The zero-order valence-electron chi connectivity index (χ0n) is 9.65. The Labute approximate surface area is 123 Å². The molecule has 2 N–H and O–H groups in total. The summed E-state index contributed by atoms with van der Waals surface area (Å²) in [5.74, 6) is -0.511. The van der Waals surface area contributed by atoms with Gasteiger partial charge in [-0.2, -0.15) is 5.10 Å². The van der Waals surface area contributed by atoms with E-state index >= 15 is 0 Å². The Bertz CT molecular complexity index is 632. The lowest BCUT2D eigenvalue weighted by Gasteiger charge is -2.09. The number of methoxy groups -OCH3 is 1. The first kappa shape index (κ1) is 14.0. The van der Waals surface area contributed by atoms with Crippen LogP contribution in [0.25, 0.3) is 5.69 Å². The molecule has 5 nitrogen and oxygen atoms in total. The topological polar surface area (TPSA) is 70.1 Å². The Morgan fingerprint density at radius 3 is 2.42 bits per heavy atom. The Kier molecular flexibility index (Phi) is 3.89. The molecule has 1 aromatic heterocycles. The number of aromatic nitrogens is 2. The molecule has 2 rings (SSSR count). The molecule has 100 valence electrons. The summed E-state index contributed by atoms with van der Waals surface area (Å²) < 4.78 is 5.84. The van der Waals surface area contributed by atoms with Gasteiger partial charge in [-0.3, -0.25) is 0 Å². The van der Waals surface area contributed by atoms with Crippen molar-refractivity contribution in [2.75, 3.05) is 12.8 Å². The van der Waals surface area contributed by atoms with Crippen LogP contribution in [0.2, 0.25) is 15.1 Å². The average Bonchev–Trinajstić information content (AvgIpc) is 2.69. The summed E-state index contributed by atoms with van der Waals surface area (Å²) in [6.45, 7) is 0. The van der Waals surface area contributed by atoms with Crippen molar-refractivity contribution in [3.8, 4) is 5.69 Å². The number of ether oxygens (including phenoxy) is 1. The number of carbonyl (C=O) groups excluding carboxylic acids is 1. The van der Waals surface area contributed by atoms with Gasteiger partial charge in [0.2, 0.25) is 0 Å². The predicted molar refractivity (Wildman–Crippen MR) is 74.3 cm³/mol. The maximum Gasteiger partial charge on any atom is 0.343 e. The van der Waals surface area contributed by atoms with Gasteiger partial charge in [0, 0.05) is 5.02 Å². The van der Waals surface area contributed by atoms with Gasteiger partial charge in [0.05, 0.1) is 23.4 Å². The van der Waals surface area contributed by atoms with Crippen LogP contribution in [0.1, 0.15) is 10.4 Å². The number of carbonyl (C=O) groups is 1. The van der Waals surface area contributed by atoms with Crippen molar-refractivity contribution in [3.63, 3.8) is 0 Å². The SMILES string of the molecule is COC(=O)c1cnn(-c2c(Cl)cc(Cl)cc2Cl)c1N. The number of hydrogen-bond acceptors (Lipinski definition) is 4. The Morgan fingerprint density at radius 2 is 1.89 bits per heavy atom. The van der Waals surface area contributed by atoms with Crippen molar-refractivity contribution in [1.29, 1.82) is 0 Å². The van der Waals surface area contributed by atoms with E-state index in [0.29, 0.717) is 10.7 Å². The van der Waals surface area contributed by atoms with Gasteiger partial charge in [0.1, 0.15) is 17.1 Å². The van der Waals surface area contributed by atoms with Gasteiger partial charge in [-0.15, -0.1) is 0 Å². The number of rotatable bonds is 2. The zero-order chi connectivity index (χ0) is 14.2. The summed E-state index contributed by atoms with van der Waals surface area (Å²) in [5, 5.41) is 4.91.